The highest BCUT2D eigenvalue weighted by molar-refractivity contribution is 5.96. The third-order valence-electron chi connectivity index (χ3n) is 4.68. The van der Waals surface area contributed by atoms with E-state index in [9.17, 15) is 14.7 Å². The third-order valence-corrected chi connectivity index (χ3v) is 4.68. The lowest BCUT2D eigenvalue weighted by molar-refractivity contribution is 0.0697. The van der Waals surface area contributed by atoms with Crippen LogP contribution in [-0.4, -0.2) is 31.6 Å². The summed E-state index contributed by atoms with van der Waals surface area (Å²) in [5.74, 6) is -0.104. The molecule has 30 heavy (non-hydrogen) atoms. The highest BCUT2D eigenvalue weighted by atomic mass is 16.4. The summed E-state index contributed by atoms with van der Waals surface area (Å²) < 4.78 is 1.73. The van der Waals surface area contributed by atoms with Gasteiger partial charge in [-0.2, -0.15) is 0 Å². The van der Waals surface area contributed by atoms with Gasteiger partial charge in [0.15, 0.2) is 5.82 Å². The Labute approximate surface area is 175 Å². The monoisotopic (exact) mass is 403 g/mol. The van der Waals surface area contributed by atoms with Gasteiger partial charge in [-0.15, -0.1) is 5.10 Å². The molecule has 0 aliphatic carbocycles. The van der Waals surface area contributed by atoms with Crippen LogP contribution in [0.5, 0.6) is 0 Å². The molecule has 6 heteroatoms. The number of hydrogen-bond donors (Lipinski definition) is 1. The number of carboxylic acids is 1. The maximum absolute atomic E-state index is 12.2. The van der Waals surface area contributed by atoms with Gasteiger partial charge in [0, 0.05) is 6.42 Å². The lowest BCUT2D eigenvalue weighted by Gasteiger charge is -2.08. The van der Waals surface area contributed by atoms with Crippen LogP contribution in [0.3, 0.4) is 0 Å². The SMILES string of the molecule is CC/C=C/c1nc(C(=O)CCC)nn1Cc1ccc(-c2ccccc2C(=O)O)cc1. The molecule has 0 fully saturated rings. The molecule has 0 aliphatic heterocycles. The molecule has 2 aromatic carbocycles. The molecule has 0 atom stereocenters. The molecule has 6 nitrogen and oxygen atoms in total. The minimum Gasteiger partial charge on any atom is -0.478 e. The number of ketones is 1. The van der Waals surface area contributed by atoms with E-state index in [2.05, 4.69) is 10.1 Å². The van der Waals surface area contributed by atoms with Crippen molar-refractivity contribution in [3.63, 3.8) is 0 Å². The van der Waals surface area contributed by atoms with Gasteiger partial charge in [-0.1, -0.05) is 62.4 Å². The van der Waals surface area contributed by atoms with Crippen molar-refractivity contribution >= 4 is 17.8 Å². The predicted octanol–water partition coefficient (Wildman–Crippen LogP) is 5.10. The largest absolute Gasteiger partial charge is 0.478 e. The van der Waals surface area contributed by atoms with Gasteiger partial charge in [0.25, 0.3) is 0 Å². The number of nitrogens with zero attached hydrogens (tertiary/aromatic N) is 3. The Bertz CT molecular complexity index is 1070. The molecule has 0 unspecified atom stereocenters. The van der Waals surface area contributed by atoms with Crippen LogP contribution < -0.4 is 0 Å². The number of allylic oxidation sites excluding steroid dienone is 1. The van der Waals surface area contributed by atoms with Gasteiger partial charge >= 0.3 is 5.97 Å². The van der Waals surface area contributed by atoms with Crippen LogP contribution in [-0.2, 0) is 6.54 Å². The quantitative estimate of drug-likeness (QED) is 0.503. The minimum atomic E-state index is -0.950. The fraction of sp³-hybridized carbons (Fsp3) is 0.250. The van der Waals surface area contributed by atoms with Crippen LogP contribution in [0.2, 0.25) is 0 Å². The summed E-state index contributed by atoms with van der Waals surface area (Å²) in [7, 11) is 0. The molecule has 1 N–H and O–H groups in total. The number of carbonyl (C=O) groups excluding carboxylic acids is 1. The molecular weight excluding hydrogens is 378 g/mol. The van der Waals surface area contributed by atoms with Crippen LogP contribution in [0.15, 0.2) is 54.6 Å². The third kappa shape index (κ3) is 4.89. The second-order valence-electron chi connectivity index (χ2n) is 6.98. The zero-order valence-corrected chi connectivity index (χ0v) is 17.2. The van der Waals surface area contributed by atoms with Crippen molar-refractivity contribution in [1.29, 1.82) is 0 Å². The zero-order chi connectivity index (χ0) is 21.5. The number of hydrogen-bond acceptors (Lipinski definition) is 4. The number of aromatic carboxylic acids is 1. The summed E-state index contributed by atoms with van der Waals surface area (Å²) in [6.45, 7) is 4.46. The Hall–Kier alpha value is -3.54. The van der Waals surface area contributed by atoms with Crippen molar-refractivity contribution in [2.75, 3.05) is 0 Å². The smallest absolute Gasteiger partial charge is 0.336 e. The summed E-state index contributed by atoms with van der Waals surface area (Å²) >= 11 is 0. The first-order valence-corrected chi connectivity index (χ1v) is 10.1. The number of carboxylic acid groups (broad SMARTS) is 1. The van der Waals surface area contributed by atoms with E-state index in [0.29, 0.717) is 24.4 Å². The minimum absolute atomic E-state index is 0.0528. The van der Waals surface area contributed by atoms with Crippen molar-refractivity contribution in [2.24, 2.45) is 0 Å². The van der Waals surface area contributed by atoms with E-state index in [4.69, 9.17) is 0 Å². The number of aromatic nitrogens is 3. The maximum atomic E-state index is 12.2. The standard InChI is InChI=1S/C24H25N3O3/c1-3-5-11-22-25-23(21(28)8-4-2)26-27(22)16-17-12-14-18(15-13-17)19-9-6-7-10-20(19)24(29)30/h5-7,9-15H,3-4,8,16H2,1-2H3,(H,29,30)/b11-5+. The van der Waals surface area contributed by atoms with E-state index in [1.165, 1.54) is 0 Å². The van der Waals surface area contributed by atoms with E-state index in [-0.39, 0.29) is 17.2 Å². The summed E-state index contributed by atoms with van der Waals surface area (Å²) in [5, 5.41) is 13.8. The van der Waals surface area contributed by atoms with Gasteiger partial charge in [0.2, 0.25) is 11.6 Å². The van der Waals surface area contributed by atoms with Crippen LogP contribution in [0, 0.1) is 0 Å². The Morgan fingerprint density at radius 2 is 1.80 bits per heavy atom. The summed E-state index contributed by atoms with van der Waals surface area (Å²) in [6, 6.07) is 14.6. The fourth-order valence-corrected chi connectivity index (χ4v) is 3.16. The van der Waals surface area contributed by atoms with Gasteiger partial charge in [-0.25, -0.2) is 14.5 Å². The van der Waals surface area contributed by atoms with E-state index in [1.807, 2.05) is 56.3 Å². The molecule has 0 saturated carbocycles. The molecule has 0 saturated heterocycles. The Kier molecular flexibility index (Phi) is 6.91. The Morgan fingerprint density at radius 1 is 1.07 bits per heavy atom. The number of Topliss-reactive ketones (excluding diaryl/α,β-unsaturated/α-hetero) is 1. The first kappa shape index (κ1) is 21.2. The van der Waals surface area contributed by atoms with Crippen molar-refractivity contribution in [3.8, 4) is 11.1 Å². The highest BCUT2D eigenvalue weighted by Crippen LogP contribution is 2.24. The molecule has 3 aromatic rings. The van der Waals surface area contributed by atoms with Gasteiger partial charge in [0.1, 0.15) is 0 Å². The molecule has 0 radical (unpaired) electrons. The van der Waals surface area contributed by atoms with E-state index in [1.54, 1.807) is 22.9 Å². The zero-order valence-electron chi connectivity index (χ0n) is 17.2. The van der Waals surface area contributed by atoms with Gasteiger partial charge in [0.05, 0.1) is 12.1 Å². The number of benzene rings is 2. The average molecular weight is 403 g/mol. The second-order valence-corrected chi connectivity index (χ2v) is 6.98. The number of carbonyl (C=O) groups is 2. The normalized spacial score (nSPS) is 11.1. The maximum Gasteiger partial charge on any atom is 0.336 e. The Balaban J connectivity index is 1.87. The molecule has 154 valence electrons. The van der Waals surface area contributed by atoms with Gasteiger partial charge in [-0.05, 0) is 41.7 Å². The van der Waals surface area contributed by atoms with Crippen molar-refractivity contribution in [1.82, 2.24) is 14.8 Å². The molecule has 3 rings (SSSR count). The predicted molar refractivity (Wildman–Crippen MR) is 117 cm³/mol. The van der Waals surface area contributed by atoms with Crippen molar-refractivity contribution in [3.05, 3.63) is 77.4 Å². The highest BCUT2D eigenvalue weighted by Gasteiger charge is 2.15. The van der Waals surface area contributed by atoms with Crippen LogP contribution in [0.4, 0.5) is 0 Å². The first-order chi connectivity index (χ1) is 14.5. The molecule has 0 spiro atoms. The second kappa shape index (κ2) is 9.78. The summed E-state index contributed by atoms with van der Waals surface area (Å²) in [5.41, 5.74) is 2.77. The van der Waals surface area contributed by atoms with E-state index < -0.39 is 5.97 Å². The van der Waals surface area contributed by atoms with Gasteiger partial charge in [-0.3, -0.25) is 4.79 Å². The lowest BCUT2D eigenvalue weighted by Crippen LogP contribution is -2.06. The van der Waals surface area contributed by atoms with Gasteiger partial charge < -0.3 is 5.11 Å². The number of rotatable bonds is 9. The first-order valence-electron chi connectivity index (χ1n) is 10.1. The Morgan fingerprint density at radius 3 is 2.47 bits per heavy atom. The topological polar surface area (TPSA) is 85.1 Å². The van der Waals surface area contributed by atoms with Crippen molar-refractivity contribution < 1.29 is 14.7 Å². The fourth-order valence-electron chi connectivity index (χ4n) is 3.16. The lowest BCUT2D eigenvalue weighted by atomic mass is 9.99. The summed E-state index contributed by atoms with van der Waals surface area (Å²) in [6.07, 6.45) is 5.92. The summed E-state index contributed by atoms with van der Waals surface area (Å²) in [4.78, 5) is 28.1. The van der Waals surface area contributed by atoms with Crippen molar-refractivity contribution in [2.45, 2.75) is 39.7 Å². The molecule has 0 bridgehead atoms. The van der Waals surface area contributed by atoms with E-state index in [0.717, 1.165) is 24.0 Å². The molecule has 0 aliphatic rings. The van der Waals surface area contributed by atoms with Crippen LogP contribution in [0.25, 0.3) is 17.2 Å². The molecular formula is C24H25N3O3. The van der Waals surface area contributed by atoms with Crippen LogP contribution in [0.1, 0.15) is 65.5 Å². The van der Waals surface area contributed by atoms with Crippen LogP contribution >= 0.6 is 0 Å². The molecule has 0 amide bonds. The molecule has 1 heterocycles. The average Bonchev–Trinajstić information content (AvgIpc) is 3.15. The van der Waals surface area contributed by atoms with E-state index >= 15 is 0 Å². The molecule has 1 aromatic heterocycles.